The van der Waals surface area contributed by atoms with Crippen LogP contribution in [0.3, 0.4) is 0 Å². The number of benzene rings is 2. The highest BCUT2D eigenvalue weighted by Gasteiger charge is 2.38. The van der Waals surface area contributed by atoms with E-state index in [2.05, 4.69) is 57.2 Å². The lowest BCUT2D eigenvalue weighted by Gasteiger charge is -2.28. The molecule has 0 saturated carbocycles. The summed E-state index contributed by atoms with van der Waals surface area (Å²) in [6.07, 6.45) is 5.41. The third kappa shape index (κ3) is 7.59. The average molecular weight is 553 g/mol. The maximum absolute atomic E-state index is 12.3. The Balaban J connectivity index is 0.000000470. The van der Waals surface area contributed by atoms with E-state index >= 15 is 0 Å². The molecule has 208 valence electrons. The van der Waals surface area contributed by atoms with Crippen molar-refractivity contribution < 1.29 is 27.9 Å². The van der Waals surface area contributed by atoms with Crippen molar-refractivity contribution >= 4 is 29.1 Å². The van der Waals surface area contributed by atoms with Crippen LogP contribution in [0.15, 0.2) is 79.4 Å². The molecule has 4 N–H and O–H groups in total. The molecule has 5 rings (SSSR count). The van der Waals surface area contributed by atoms with Gasteiger partial charge in [0.25, 0.3) is 0 Å². The first-order valence-corrected chi connectivity index (χ1v) is 12.4. The predicted molar refractivity (Wildman–Crippen MR) is 145 cm³/mol. The van der Waals surface area contributed by atoms with E-state index < -0.39 is 12.1 Å². The van der Waals surface area contributed by atoms with Gasteiger partial charge in [-0.15, -0.1) is 0 Å². The number of aromatic nitrogens is 3. The molecule has 40 heavy (non-hydrogen) atoms. The highest BCUT2D eigenvalue weighted by Crippen LogP contribution is 2.34. The number of carboxylic acids is 1. The summed E-state index contributed by atoms with van der Waals surface area (Å²) in [4.78, 5) is 25.5. The maximum Gasteiger partial charge on any atom is 0.490 e. The lowest BCUT2D eigenvalue weighted by atomic mass is 9.87. The smallest absolute Gasteiger partial charge is 0.475 e. The van der Waals surface area contributed by atoms with Gasteiger partial charge in [-0.1, -0.05) is 24.3 Å². The molecule has 12 heteroatoms. The summed E-state index contributed by atoms with van der Waals surface area (Å²) in [5.74, 6) is -2.76. The van der Waals surface area contributed by atoms with Gasteiger partial charge in [-0.3, -0.25) is 4.98 Å². The molecule has 9 nitrogen and oxygen atoms in total. The topological polar surface area (TPSA) is 121 Å². The van der Waals surface area contributed by atoms with Crippen molar-refractivity contribution in [3.05, 3.63) is 96.1 Å². The van der Waals surface area contributed by atoms with Crippen LogP contribution in [0.4, 0.5) is 35.0 Å². The van der Waals surface area contributed by atoms with Gasteiger partial charge in [0, 0.05) is 18.1 Å². The zero-order valence-electron chi connectivity index (χ0n) is 21.4. The minimum atomic E-state index is -5.08. The molecule has 1 atom stereocenters. The molecule has 2 aromatic carbocycles. The monoisotopic (exact) mass is 552 g/mol. The number of rotatable bonds is 5. The lowest BCUT2D eigenvalue weighted by molar-refractivity contribution is -0.192. The number of aliphatic carboxylic acids is 1. The molecule has 4 aromatic rings. The maximum atomic E-state index is 12.3. The molecule has 1 unspecified atom stereocenters. The molecular weight excluding hydrogens is 525 g/mol. The second-order valence-corrected chi connectivity index (χ2v) is 9.14. The largest absolute Gasteiger partial charge is 0.490 e. The normalized spacial score (nSPS) is 14.2. The van der Waals surface area contributed by atoms with Crippen LogP contribution in [0.25, 0.3) is 5.69 Å². The molecule has 2 heterocycles. The molecule has 0 saturated heterocycles. The number of hydrogen-bond acceptors (Lipinski definition) is 5. The van der Waals surface area contributed by atoms with E-state index in [-0.39, 0.29) is 12.1 Å². The zero-order chi connectivity index (χ0) is 28.7. The van der Waals surface area contributed by atoms with Gasteiger partial charge in [0.15, 0.2) is 0 Å². The van der Waals surface area contributed by atoms with Crippen molar-refractivity contribution in [2.24, 2.45) is 0 Å². The van der Waals surface area contributed by atoms with Gasteiger partial charge in [-0.2, -0.15) is 18.3 Å². The van der Waals surface area contributed by atoms with E-state index in [1.165, 1.54) is 11.1 Å². The number of alkyl halides is 3. The second kappa shape index (κ2) is 12.3. The van der Waals surface area contributed by atoms with Crippen molar-refractivity contribution in [2.75, 3.05) is 16.0 Å². The number of nitrogens with one attached hydrogen (secondary N) is 3. The summed E-state index contributed by atoms with van der Waals surface area (Å²) in [5.41, 5.74) is 7.14. The molecule has 1 aliphatic carbocycles. The molecular formula is C28H27F3N6O3. The number of aryl methyl sites for hydroxylation is 2. The summed E-state index contributed by atoms with van der Waals surface area (Å²) in [6, 6.07) is 17.8. The van der Waals surface area contributed by atoms with Crippen LogP contribution in [-0.4, -0.2) is 38.0 Å². The first-order chi connectivity index (χ1) is 19.1. The van der Waals surface area contributed by atoms with Gasteiger partial charge in [-0.25, -0.2) is 14.3 Å². The Labute approximate surface area is 228 Å². The Bertz CT molecular complexity index is 1470. The number of amides is 2. The standard InChI is InChI=1S/C26H26N6O.C2HF3O2/c1-18-12-21(15-27-14-18)29-25-9-5-6-19-10-11-23(13-24(19)25)32-17-22(16-28-32)31-26(33)30-20-7-3-2-4-8-20;3-2(4,5)1(6)7/h2-4,7-8,10-17,25,29H,5-6,9H2,1H3,(H2,30,31,33);(H,6,7). The Morgan fingerprint density at radius 1 is 0.975 bits per heavy atom. The van der Waals surface area contributed by atoms with Gasteiger partial charge in [0.05, 0.1) is 35.5 Å². The third-order valence-electron chi connectivity index (χ3n) is 6.04. The average Bonchev–Trinajstić information content (AvgIpc) is 3.37. The lowest BCUT2D eigenvalue weighted by Crippen LogP contribution is -2.21. The first-order valence-electron chi connectivity index (χ1n) is 12.4. The summed E-state index contributed by atoms with van der Waals surface area (Å²) >= 11 is 0. The van der Waals surface area contributed by atoms with Gasteiger partial charge >= 0.3 is 18.2 Å². The number of nitrogens with zero attached hydrogens (tertiary/aromatic N) is 3. The van der Waals surface area contributed by atoms with Crippen molar-refractivity contribution in [3.8, 4) is 5.69 Å². The van der Waals surface area contributed by atoms with Gasteiger partial charge in [0.1, 0.15) is 0 Å². The Morgan fingerprint density at radius 2 is 1.70 bits per heavy atom. The molecule has 1 aliphatic rings. The van der Waals surface area contributed by atoms with Crippen molar-refractivity contribution in [1.29, 1.82) is 0 Å². The third-order valence-corrected chi connectivity index (χ3v) is 6.04. The Kier molecular flexibility index (Phi) is 8.67. The van der Waals surface area contributed by atoms with Crippen LogP contribution in [0.2, 0.25) is 0 Å². The number of pyridine rings is 1. The molecule has 2 amide bonds. The van der Waals surface area contributed by atoms with Crippen molar-refractivity contribution in [2.45, 2.75) is 38.4 Å². The minimum Gasteiger partial charge on any atom is -0.475 e. The van der Waals surface area contributed by atoms with Crippen molar-refractivity contribution in [3.63, 3.8) is 0 Å². The minimum absolute atomic E-state index is 0.224. The summed E-state index contributed by atoms with van der Waals surface area (Å²) in [7, 11) is 0. The van der Waals surface area contributed by atoms with E-state index in [0.29, 0.717) is 5.69 Å². The first kappa shape index (κ1) is 28.1. The fourth-order valence-corrected chi connectivity index (χ4v) is 4.26. The number of carbonyl (C=O) groups is 2. The van der Waals surface area contributed by atoms with Crippen LogP contribution in [0.5, 0.6) is 0 Å². The van der Waals surface area contributed by atoms with Crippen LogP contribution in [-0.2, 0) is 11.2 Å². The molecule has 0 fully saturated rings. The fourth-order valence-electron chi connectivity index (χ4n) is 4.26. The van der Waals surface area contributed by atoms with E-state index in [4.69, 9.17) is 9.90 Å². The van der Waals surface area contributed by atoms with Gasteiger partial charge in [-0.05, 0) is 73.2 Å². The molecule has 0 radical (unpaired) electrons. The predicted octanol–water partition coefficient (Wildman–Crippen LogP) is 6.34. The highest BCUT2D eigenvalue weighted by atomic mass is 19.4. The number of urea groups is 1. The SMILES string of the molecule is Cc1cncc(NC2CCCc3ccc(-n4cc(NC(=O)Nc5ccccc5)cn4)cc32)c1.O=C(O)C(F)(F)F. The second-order valence-electron chi connectivity index (χ2n) is 9.14. The van der Waals surface area contributed by atoms with Crippen LogP contribution < -0.4 is 16.0 Å². The molecule has 0 aliphatic heterocycles. The van der Waals surface area contributed by atoms with E-state index in [1.54, 1.807) is 10.9 Å². The van der Waals surface area contributed by atoms with Gasteiger partial charge in [0.2, 0.25) is 0 Å². The number of carbonyl (C=O) groups excluding carboxylic acids is 1. The van der Waals surface area contributed by atoms with E-state index in [9.17, 15) is 18.0 Å². The van der Waals surface area contributed by atoms with E-state index in [1.807, 2.05) is 48.9 Å². The number of hydrogen-bond donors (Lipinski definition) is 4. The Hall–Kier alpha value is -4.87. The fraction of sp³-hybridized carbons (Fsp3) is 0.214. The van der Waals surface area contributed by atoms with Gasteiger partial charge < -0.3 is 21.1 Å². The molecule has 2 aromatic heterocycles. The number of para-hydroxylation sites is 1. The molecule has 0 bridgehead atoms. The summed E-state index contributed by atoms with van der Waals surface area (Å²) < 4.78 is 33.5. The van der Waals surface area contributed by atoms with Crippen LogP contribution in [0.1, 0.15) is 35.6 Å². The molecule has 0 spiro atoms. The number of fused-ring (bicyclic) bond motifs is 1. The van der Waals surface area contributed by atoms with Crippen LogP contribution in [0, 0.1) is 6.92 Å². The Morgan fingerprint density at radius 3 is 2.40 bits per heavy atom. The van der Waals surface area contributed by atoms with E-state index in [0.717, 1.165) is 41.9 Å². The highest BCUT2D eigenvalue weighted by molar-refractivity contribution is 5.99. The number of halogens is 3. The quantitative estimate of drug-likeness (QED) is 0.229. The summed E-state index contributed by atoms with van der Waals surface area (Å²) in [5, 5.41) is 20.9. The number of carboxylic acid groups (broad SMARTS) is 1. The number of anilines is 3. The van der Waals surface area contributed by atoms with Crippen molar-refractivity contribution in [1.82, 2.24) is 14.8 Å². The zero-order valence-corrected chi connectivity index (χ0v) is 21.4. The summed E-state index contributed by atoms with van der Waals surface area (Å²) in [6.45, 7) is 2.05. The van der Waals surface area contributed by atoms with Crippen LogP contribution >= 0.6 is 0 Å².